The van der Waals surface area contributed by atoms with E-state index in [9.17, 15) is 0 Å². The van der Waals surface area contributed by atoms with Crippen molar-refractivity contribution in [2.75, 3.05) is 19.6 Å². The molecule has 2 atom stereocenters. The molecular formula is C7H14N2. The Kier molecular flexibility index (Phi) is 1.44. The van der Waals surface area contributed by atoms with Crippen LogP contribution in [0.4, 0.5) is 0 Å². The van der Waals surface area contributed by atoms with Crippen LogP contribution in [0.2, 0.25) is 0 Å². The zero-order valence-electron chi connectivity index (χ0n) is 5.77. The average molecular weight is 126 g/mol. The van der Waals surface area contributed by atoms with Gasteiger partial charge in [0.25, 0.3) is 0 Å². The first kappa shape index (κ1) is 5.69. The van der Waals surface area contributed by atoms with Crippen molar-refractivity contribution < 1.29 is 0 Å². The minimum Gasteiger partial charge on any atom is -0.301 e. The lowest BCUT2D eigenvalue weighted by molar-refractivity contribution is 0.409. The second-order valence-corrected chi connectivity index (χ2v) is 3.03. The number of rotatable bonds is 0. The summed E-state index contributed by atoms with van der Waals surface area (Å²) in [6, 6.07) is 0. The largest absolute Gasteiger partial charge is 0.301 e. The molecule has 0 aromatic rings. The summed E-state index contributed by atoms with van der Waals surface area (Å²) in [5, 5.41) is 3.48. The van der Waals surface area contributed by atoms with Crippen molar-refractivity contribution in [3.05, 3.63) is 0 Å². The Hall–Kier alpha value is -0.0800. The predicted molar refractivity (Wildman–Crippen MR) is 37.2 cm³/mol. The van der Waals surface area contributed by atoms with Gasteiger partial charge in [0.2, 0.25) is 0 Å². The lowest BCUT2D eigenvalue weighted by Crippen LogP contribution is -2.25. The molecule has 2 unspecified atom stereocenters. The molecule has 2 heterocycles. The van der Waals surface area contributed by atoms with Crippen LogP contribution in [0.1, 0.15) is 19.3 Å². The Labute approximate surface area is 56.2 Å². The topological polar surface area (TPSA) is 15.0 Å². The van der Waals surface area contributed by atoms with Gasteiger partial charge in [-0.15, -0.1) is 0 Å². The van der Waals surface area contributed by atoms with Crippen molar-refractivity contribution >= 4 is 0 Å². The Bertz CT molecular complexity index is 91.1. The molecule has 0 amide bonds. The highest BCUT2D eigenvalue weighted by Crippen LogP contribution is 2.17. The fourth-order valence-corrected chi connectivity index (χ4v) is 1.50. The Balaban J connectivity index is 1.81. The zero-order chi connectivity index (χ0) is 6.10. The van der Waals surface area contributed by atoms with Crippen molar-refractivity contribution in [1.29, 1.82) is 0 Å². The van der Waals surface area contributed by atoms with E-state index < -0.39 is 0 Å². The van der Waals surface area contributed by atoms with Gasteiger partial charge in [0.15, 0.2) is 0 Å². The summed E-state index contributed by atoms with van der Waals surface area (Å²) in [7, 11) is 0. The first-order valence-corrected chi connectivity index (χ1v) is 3.94. The van der Waals surface area contributed by atoms with Crippen molar-refractivity contribution in [2.24, 2.45) is 0 Å². The fourth-order valence-electron chi connectivity index (χ4n) is 1.50. The highest BCUT2D eigenvalue weighted by Gasteiger charge is 2.32. The van der Waals surface area contributed by atoms with E-state index in [1.54, 1.807) is 0 Å². The normalized spacial score (nSPS) is 42.7. The molecule has 0 saturated carbocycles. The van der Waals surface area contributed by atoms with Gasteiger partial charge in [-0.25, -0.2) is 0 Å². The molecule has 0 aromatic heterocycles. The molecule has 1 N–H and O–H groups in total. The molecule has 2 fully saturated rings. The number of nitrogens with one attached hydrogen (secondary N) is 1. The molecule has 2 rings (SSSR count). The monoisotopic (exact) mass is 126 g/mol. The molecule has 2 heteroatoms. The lowest BCUT2D eigenvalue weighted by atomic mass is 10.2. The van der Waals surface area contributed by atoms with Crippen LogP contribution in [0, 0.1) is 0 Å². The quantitative estimate of drug-likeness (QED) is 0.473. The van der Waals surface area contributed by atoms with E-state index in [4.69, 9.17) is 0 Å². The van der Waals surface area contributed by atoms with Gasteiger partial charge in [-0.1, -0.05) is 6.42 Å². The van der Waals surface area contributed by atoms with E-state index in [1.807, 2.05) is 0 Å². The molecule has 9 heavy (non-hydrogen) atoms. The summed E-state index contributed by atoms with van der Waals surface area (Å²) in [5.74, 6) is 0. The van der Waals surface area contributed by atoms with Gasteiger partial charge < -0.3 is 5.32 Å². The molecule has 0 spiro atoms. The Morgan fingerprint density at radius 3 is 3.22 bits per heavy atom. The molecule has 0 radical (unpaired) electrons. The first-order valence-electron chi connectivity index (χ1n) is 3.94. The standard InChI is InChI=1S/C7H14N2/c1-2-4-8-7-6-9(7)5-3-1/h7-8H,1-6H2. The van der Waals surface area contributed by atoms with E-state index in [2.05, 4.69) is 10.2 Å². The van der Waals surface area contributed by atoms with E-state index in [0.717, 1.165) is 6.17 Å². The molecular weight excluding hydrogens is 112 g/mol. The van der Waals surface area contributed by atoms with Gasteiger partial charge in [-0.3, -0.25) is 4.90 Å². The maximum absolute atomic E-state index is 3.48. The van der Waals surface area contributed by atoms with Crippen molar-refractivity contribution in [3.63, 3.8) is 0 Å². The highest BCUT2D eigenvalue weighted by molar-refractivity contribution is 4.87. The Morgan fingerprint density at radius 2 is 2.22 bits per heavy atom. The minimum atomic E-state index is 0.769. The van der Waals surface area contributed by atoms with Crippen LogP contribution in [0.15, 0.2) is 0 Å². The van der Waals surface area contributed by atoms with Crippen LogP contribution >= 0.6 is 0 Å². The van der Waals surface area contributed by atoms with Crippen LogP contribution in [-0.4, -0.2) is 30.7 Å². The predicted octanol–water partition coefficient (Wildman–Crippen LogP) is 0.402. The second-order valence-electron chi connectivity index (χ2n) is 3.03. The zero-order valence-corrected chi connectivity index (χ0v) is 5.77. The van der Waals surface area contributed by atoms with Crippen molar-refractivity contribution in [3.8, 4) is 0 Å². The van der Waals surface area contributed by atoms with E-state index in [-0.39, 0.29) is 0 Å². The summed E-state index contributed by atoms with van der Waals surface area (Å²) in [6.45, 7) is 3.87. The van der Waals surface area contributed by atoms with Gasteiger partial charge in [0.05, 0.1) is 6.17 Å². The van der Waals surface area contributed by atoms with Gasteiger partial charge in [-0.05, 0) is 25.9 Å². The first-order chi connectivity index (χ1) is 4.47. The third-order valence-electron chi connectivity index (χ3n) is 2.22. The summed E-state index contributed by atoms with van der Waals surface area (Å²) in [4.78, 5) is 2.50. The number of hydrogen-bond donors (Lipinski definition) is 1. The van der Waals surface area contributed by atoms with E-state index in [1.165, 1.54) is 38.9 Å². The molecule has 2 aliphatic heterocycles. The van der Waals surface area contributed by atoms with E-state index in [0.29, 0.717) is 0 Å². The molecule has 2 saturated heterocycles. The summed E-state index contributed by atoms with van der Waals surface area (Å²) in [6.07, 6.45) is 4.98. The minimum absolute atomic E-state index is 0.769. The fraction of sp³-hybridized carbons (Fsp3) is 1.00. The van der Waals surface area contributed by atoms with Crippen LogP contribution in [0.5, 0.6) is 0 Å². The highest BCUT2D eigenvalue weighted by atomic mass is 15.4. The van der Waals surface area contributed by atoms with Gasteiger partial charge in [0, 0.05) is 6.54 Å². The second kappa shape index (κ2) is 2.27. The molecule has 0 bridgehead atoms. The molecule has 52 valence electrons. The number of hydrogen-bond acceptors (Lipinski definition) is 2. The van der Waals surface area contributed by atoms with Crippen molar-refractivity contribution in [2.45, 2.75) is 25.4 Å². The maximum atomic E-state index is 3.48. The third kappa shape index (κ3) is 1.25. The molecule has 2 nitrogen and oxygen atoms in total. The molecule has 0 aromatic carbocycles. The molecule has 0 aliphatic carbocycles. The maximum Gasteiger partial charge on any atom is 0.0729 e. The summed E-state index contributed by atoms with van der Waals surface area (Å²) in [5.41, 5.74) is 0. The van der Waals surface area contributed by atoms with Crippen LogP contribution in [0.25, 0.3) is 0 Å². The van der Waals surface area contributed by atoms with Crippen LogP contribution in [-0.2, 0) is 0 Å². The molecule has 2 aliphatic rings. The SMILES string of the molecule is C1CCNC2CN2CC1. The van der Waals surface area contributed by atoms with Gasteiger partial charge in [0.1, 0.15) is 0 Å². The summed E-state index contributed by atoms with van der Waals surface area (Å²) >= 11 is 0. The number of nitrogens with zero attached hydrogens (tertiary/aromatic N) is 1. The smallest absolute Gasteiger partial charge is 0.0729 e. The van der Waals surface area contributed by atoms with Crippen LogP contribution < -0.4 is 5.32 Å². The third-order valence-corrected chi connectivity index (χ3v) is 2.22. The van der Waals surface area contributed by atoms with Gasteiger partial charge in [-0.2, -0.15) is 0 Å². The lowest BCUT2D eigenvalue weighted by Gasteiger charge is -2.09. The van der Waals surface area contributed by atoms with E-state index >= 15 is 0 Å². The average Bonchev–Trinajstić information content (AvgIpc) is 2.46. The van der Waals surface area contributed by atoms with Crippen molar-refractivity contribution in [1.82, 2.24) is 10.2 Å². The number of fused-ring (bicyclic) bond motifs is 1. The Morgan fingerprint density at radius 1 is 1.22 bits per heavy atom. The van der Waals surface area contributed by atoms with Crippen LogP contribution in [0.3, 0.4) is 0 Å². The van der Waals surface area contributed by atoms with Gasteiger partial charge >= 0.3 is 0 Å². The summed E-state index contributed by atoms with van der Waals surface area (Å²) < 4.78 is 0.